The Morgan fingerprint density at radius 3 is 3.05 bits per heavy atom. The molecule has 2 heterocycles. The zero-order valence-corrected chi connectivity index (χ0v) is 10.7. The first-order valence-electron chi connectivity index (χ1n) is 5.60. The van der Waals surface area contributed by atoms with Gasteiger partial charge < -0.3 is 20.5 Å². The molecule has 0 bridgehead atoms. The Labute approximate surface area is 113 Å². The fraction of sp³-hybridized carbons (Fsp3) is 0.167. The molecule has 1 amide bonds. The number of anilines is 1. The number of nitrogens with two attached hydrogens (primary N) is 1. The maximum absolute atomic E-state index is 11.8. The van der Waals surface area contributed by atoms with Crippen LogP contribution in [-0.4, -0.2) is 17.7 Å². The van der Waals surface area contributed by atoms with E-state index < -0.39 is 0 Å². The Balaban J connectivity index is 1.64. The van der Waals surface area contributed by atoms with Crippen LogP contribution in [0.4, 0.5) is 5.13 Å². The van der Waals surface area contributed by atoms with Crippen LogP contribution in [0.15, 0.2) is 23.6 Å². The van der Waals surface area contributed by atoms with E-state index in [0.717, 1.165) is 11.3 Å². The summed E-state index contributed by atoms with van der Waals surface area (Å²) in [6.07, 6.45) is 0. The van der Waals surface area contributed by atoms with E-state index >= 15 is 0 Å². The number of amides is 1. The third kappa shape index (κ3) is 2.45. The van der Waals surface area contributed by atoms with Gasteiger partial charge in [-0.15, -0.1) is 11.3 Å². The Kier molecular flexibility index (Phi) is 2.96. The molecule has 0 saturated heterocycles. The zero-order chi connectivity index (χ0) is 13.2. The van der Waals surface area contributed by atoms with Gasteiger partial charge in [0, 0.05) is 11.9 Å². The van der Waals surface area contributed by atoms with Crippen molar-refractivity contribution >= 4 is 22.4 Å². The molecule has 98 valence electrons. The average Bonchev–Trinajstić information content (AvgIpc) is 3.03. The lowest BCUT2D eigenvalue weighted by Crippen LogP contribution is -2.23. The fourth-order valence-corrected chi connectivity index (χ4v) is 2.26. The highest BCUT2D eigenvalue weighted by Gasteiger charge is 2.14. The molecule has 1 aromatic heterocycles. The van der Waals surface area contributed by atoms with Crippen LogP contribution in [0.1, 0.15) is 16.1 Å². The number of rotatable bonds is 3. The Morgan fingerprint density at radius 1 is 1.42 bits per heavy atom. The maximum atomic E-state index is 11.8. The summed E-state index contributed by atoms with van der Waals surface area (Å²) >= 11 is 1.24. The van der Waals surface area contributed by atoms with Crippen LogP contribution in [0.3, 0.4) is 0 Å². The van der Waals surface area contributed by atoms with Crippen molar-refractivity contribution in [3.05, 3.63) is 34.8 Å². The van der Waals surface area contributed by atoms with Gasteiger partial charge in [0.1, 0.15) is 5.69 Å². The van der Waals surface area contributed by atoms with E-state index in [1.54, 1.807) is 5.38 Å². The molecular weight excluding hydrogens is 266 g/mol. The molecule has 1 aliphatic rings. The second kappa shape index (κ2) is 4.77. The van der Waals surface area contributed by atoms with Crippen molar-refractivity contribution in [2.45, 2.75) is 6.54 Å². The SMILES string of the molecule is Nc1nc(C(=O)NCc2ccc3c(c2)OCO3)cs1. The van der Waals surface area contributed by atoms with E-state index in [9.17, 15) is 4.79 Å². The Hall–Kier alpha value is -2.28. The van der Waals surface area contributed by atoms with Gasteiger partial charge in [-0.05, 0) is 17.7 Å². The molecule has 7 heteroatoms. The van der Waals surface area contributed by atoms with Crippen molar-refractivity contribution < 1.29 is 14.3 Å². The van der Waals surface area contributed by atoms with Crippen LogP contribution in [0.25, 0.3) is 0 Å². The number of thiazole rings is 1. The zero-order valence-electron chi connectivity index (χ0n) is 9.88. The van der Waals surface area contributed by atoms with Crippen molar-refractivity contribution in [3.63, 3.8) is 0 Å². The molecule has 0 saturated carbocycles. The molecule has 0 spiro atoms. The van der Waals surface area contributed by atoms with Gasteiger partial charge in [-0.2, -0.15) is 0 Å². The summed E-state index contributed by atoms with van der Waals surface area (Å²) in [6, 6.07) is 5.55. The van der Waals surface area contributed by atoms with E-state index in [1.165, 1.54) is 11.3 Å². The molecule has 0 atom stereocenters. The van der Waals surface area contributed by atoms with E-state index in [2.05, 4.69) is 10.3 Å². The van der Waals surface area contributed by atoms with Crippen LogP contribution in [0.5, 0.6) is 11.5 Å². The normalized spacial score (nSPS) is 12.4. The van der Waals surface area contributed by atoms with E-state index in [1.807, 2.05) is 18.2 Å². The first kappa shape index (κ1) is 11.8. The van der Waals surface area contributed by atoms with Crippen LogP contribution >= 0.6 is 11.3 Å². The first-order chi connectivity index (χ1) is 9.22. The number of nitrogens with zero attached hydrogens (tertiary/aromatic N) is 1. The Bertz CT molecular complexity index is 626. The predicted molar refractivity (Wildman–Crippen MR) is 70.3 cm³/mol. The smallest absolute Gasteiger partial charge is 0.271 e. The average molecular weight is 277 g/mol. The van der Waals surface area contributed by atoms with E-state index in [-0.39, 0.29) is 12.7 Å². The third-order valence-corrected chi connectivity index (χ3v) is 3.32. The van der Waals surface area contributed by atoms with Gasteiger partial charge in [0.05, 0.1) is 0 Å². The van der Waals surface area contributed by atoms with Gasteiger partial charge in [-0.25, -0.2) is 4.98 Å². The summed E-state index contributed by atoms with van der Waals surface area (Å²) in [5, 5.41) is 4.78. The third-order valence-electron chi connectivity index (χ3n) is 2.64. The molecule has 0 unspecified atom stereocenters. The highest BCUT2D eigenvalue weighted by Crippen LogP contribution is 2.32. The largest absolute Gasteiger partial charge is 0.454 e. The molecule has 3 N–H and O–H groups in total. The van der Waals surface area contributed by atoms with Gasteiger partial charge in [-0.3, -0.25) is 4.79 Å². The number of ether oxygens (including phenoxy) is 2. The van der Waals surface area contributed by atoms with Crippen LogP contribution in [-0.2, 0) is 6.54 Å². The van der Waals surface area contributed by atoms with Crippen molar-refractivity contribution in [3.8, 4) is 11.5 Å². The molecule has 0 fully saturated rings. The van der Waals surface area contributed by atoms with Crippen LogP contribution in [0, 0.1) is 0 Å². The number of hydrogen-bond donors (Lipinski definition) is 2. The van der Waals surface area contributed by atoms with Crippen molar-refractivity contribution in [2.24, 2.45) is 0 Å². The molecule has 0 aliphatic carbocycles. The van der Waals surface area contributed by atoms with Crippen molar-refractivity contribution in [1.82, 2.24) is 10.3 Å². The molecule has 2 aromatic rings. The number of aromatic nitrogens is 1. The van der Waals surface area contributed by atoms with Gasteiger partial charge >= 0.3 is 0 Å². The molecular formula is C12H11N3O3S. The lowest BCUT2D eigenvalue weighted by Gasteiger charge is -2.04. The number of nitrogens with one attached hydrogen (secondary N) is 1. The highest BCUT2D eigenvalue weighted by atomic mass is 32.1. The van der Waals surface area contributed by atoms with E-state index in [0.29, 0.717) is 23.1 Å². The maximum Gasteiger partial charge on any atom is 0.271 e. The fourth-order valence-electron chi connectivity index (χ4n) is 1.72. The summed E-state index contributed by atoms with van der Waals surface area (Å²) in [7, 11) is 0. The van der Waals surface area contributed by atoms with Gasteiger partial charge in [0.25, 0.3) is 5.91 Å². The second-order valence-corrected chi connectivity index (χ2v) is 4.83. The molecule has 3 rings (SSSR count). The monoisotopic (exact) mass is 277 g/mol. The lowest BCUT2D eigenvalue weighted by molar-refractivity contribution is 0.0946. The quantitative estimate of drug-likeness (QED) is 0.885. The predicted octanol–water partition coefficient (Wildman–Crippen LogP) is 1.38. The first-order valence-corrected chi connectivity index (χ1v) is 6.48. The van der Waals surface area contributed by atoms with Crippen LogP contribution < -0.4 is 20.5 Å². The number of fused-ring (bicyclic) bond motifs is 1. The van der Waals surface area contributed by atoms with Crippen LogP contribution in [0.2, 0.25) is 0 Å². The summed E-state index contributed by atoms with van der Waals surface area (Å²) in [5.74, 6) is 1.18. The number of hydrogen-bond acceptors (Lipinski definition) is 6. The molecule has 1 aliphatic heterocycles. The van der Waals surface area contributed by atoms with Crippen molar-refractivity contribution in [2.75, 3.05) is 12.5 Å². The van der Waals surface area contributed by atoms with Gasteiger partial charge in [-0.1, -0.05) is 6.07 Å². The minimum atomic E-state index is -0.245. The highest BCUT2D eigenvalue weighted by molar-refractivity contribution is 7.13. The minimum Gasteiger partial charge on any atom is -0.454 e. The number of benzene rings is 1. The van der Waals surface area contributed by atoms with Gasteiger partial charge in [0.2, 0.25) is 6.79 Å². The van der Waals surface area contributed by atoms with Crippen molar-refractivity contribution in [1.29, 1.82) is 0 Å². The molecule has 19 heavy (non-hydrogen) atoms. The lowest BCUT2D eigenvalue weighted by atomic mass is 10.2. The Morgan fingerprint density at radius 2 is 2.26 bits per heavy atom. The summed E-state index contributed by atoms with van der Waals surface area (Å²) < 4.78 is 10.5. The number of carbonyl (C=O) groups excluding carboxylic acids is 1. The molecule has 0 radical (unpaired) electrons. The topological polar surface area (TPSA) is 86.5 Å². The standard InChI is InChI=1S/C12H11N3O3S/c13-12-15-8(5-19-12)11(16)14-4-7-1-2-9-10(3-7)18-6-17-9/h1-3,5H,4,6H2,(H2,13,15)(H,14,16). The number of nitrogen functional groups attached to an aromatic ring is 1. The minimum absolute atomic E-state index is 0.239. The summed E-state index contributed by atoms with van der Waals surface area (Å²) in [6.45, 7) is 0.635. The van der Waals surface area contributed by atoms with Gasteiger partial charge in [0.15, 0.2) is 16.6 Å². The summed E-state index contributed by atoms with van der Waals surface area (Å²) in [4.78, 5) is 15.7. The molecule has 1 aromatic carbocycles. The molecule has 6 nitrogen and oxygen atoms in total. The summed E-state index contributed by atoms with van der Waals surface area (Å²) in [5.41, 5.74) is 6.75. The van der Waals surface area contributed by atoms with E-state index in [4.69, 9.17) is 15.2 Å². The second-order valence-electron chi connectivity index (χ2n) is 3.94. The number of carbonyl (C=O) groups is 1.